The molecule has 0 amide bonds. The molecule has 0 bridgehead atoms. The summed E-state index contributed by atoms with van der Waals surface area (Å²) in [5.74, 6) is 3.24. The lowest BCUT2D eigenvalue weighted by atomic mass is 9.79. The van der Waals surface area contributed by atoms with Crippen LogP contribution >= 0.6 is 0 Å². The number of furan rings is 1. The zero-order chi connectivity index (χ0) is 11.7. The molecule has 17 heavy (non-hydrogen) atoms. The predicted molar refractivity (Wildman–Crippen MR) is 68.8 cm³/mol. The second-order valence-electron chi connectivity index (χ2n) is 6.10. The smallest absolute Gasteiger partial charge is 0.104 e. The second-order valence-corrected chi connectivity index (χ2v) is 6.10. The first kappa shape index (κ1) is 11.3. The average molecular weight is 233 g/mol. The zero-order valence-corrected chi connectivity index (χ0v) is 10.7. The van der Waals surface area contributed by atoms with Crippen LogP contribution in [0.4, 0.5) is 0 Å². The molecule has 2 heteroatoms. The minimum Gasteiger partial charge on any atom is -0.469 e. The third-order valence-corrected chi connectivity index (χ3v) is 4.52. The molecule has 2 saturated carbocycles. The normalized spacial score (nSPS) is 34.9. The maximum atomic E-state index is 5.55. The number of nitrogens with one attached hydrogen (secondary N) is 1. The van der Waals surface area contributed by atoms with Crippen molar-refractivity contribution in [1.29, 1.82) is 0 Å². The average Bonchev–Trinajstić information content (AvgIpc) is 2.77. The van der Waals surface area contributed by atoms with Crippen molar-refractivity contribution < 1.29 is 4.42 Å². The molecular formula is C15H23NO. The molecule has 1 N–H and O–H groups in total. The highest BCUT2D eigenvalue weighted by molar-refractivity contribution is 5.10. The van der Waals surface area contributed by atoms with Gasteiger partial charge in [0.15, 0.2) is 0 Å². The Morgan fingerprint density at radius 2 is 2.24 bits per heavy atom. The van der Waals surface area contributed by atoms with Crippen molar-refractivity contribution in [2.24, 2.45) is 17.3 Å². The Bertz CT molecular complexity index is 347. The SMILES string of the molecule is CCCNCC1(Cc2ccco2)CC2CC2C1. The third-order valence-electron chi connectivity index (χ3n) is 4.52. The van der Waals surface area contributed by atoms with Crippen LogP contribution in [0, 0.1) is 17.3 Å². The Morgan fingerprint density at radius 1 is 1.41 bits per heavy atom. The van der Waals surface area contributed by atoms with E-state index >= 15 is 0 Å². The van der Waals surface area contributed by atoms with Crippen LogP contribution in [0.2, 0.25) is 0 Å². The van der Waals surface area contributed by atoms with Crippen LogP contribution in [0.3, 0.4) is 0 Å². The Hall–Kier alpha value is -0.760. The maximum absolute atomic E-state index is 5.55. The summed E-state index contributed by atoms with van der Waals surface area (Å²) >= 11 is 0. The van der Waals surface area contributed by atoms with Crippen molar-refractivity contribution in [2.45, 2.75) is 39.0 Å². The molecule has 94 valence electrons. The van der Waals surface area contributed by atoms with Crippen LogP contribution < -0.4 is 5.32 Å². The van der Waals surface area contributed by atoms with Gasteiger partial charge in [0.25, 0.3) is 0 Å². The Balaban J connectivity index is 1.64. The van der Waals surface area contributed by atoms with Crippen LogP contribution in [0.5, 0.6) is 0 Å². The lowest BCUT2D eigenvalue weighted by Gasteiger charge is -2.30. The largest absolute Gasteiger partial charge is 0.469 e. The number of fused-ring (bicyclic) bond motifs is 1. The van der Waals surface area contributed by atoms with Crippen LogP contribution in [-0.2, 0) is 6.42 Å². The van der Waals surface area contributed by atoms with E-state index in [1.807, 2.05) is 6.07 Å². The van der Waals surface area contributed by atoms with Gasteiger partial charge in [0.05, 0.1) is 6.26 Å². The molecule has 0 spiro atoms. The monoisotopic (exact) mass is 233 g/mol. The molecule has 1 aromatic heterocycles. The van der Waals surface area contributed by atoms with E-state index in [4.69, 9.17) is 4.42 Å². The van der Waals surface area contributed by atoms with Gasteiger partial charge in [0.2, 0.25) is 0 Å². The van der Waals surface area contributed by atoms with Gasteiger partial charge in [-0.15, -0.1) is 0 Å². The summed E-state index contributed by atoms with van der Waals surface area (Å²) in [5, 5.41) is 3.63. The highest BCUT2D eigenvalue weighted by atomic mass is 16.3. The molecule has 1 aromatic rings. The fourth-order valence-electron chi connectivity index (χ4n) is 3.67. The Kier molecular flexibility index (Phi) is 2.99. The van der Waals surface area contributed by atoms with Crippen molar-refractivity contribution in [3.05, 3.63) is 24.2 Å². The van der Waals surface area contributed by atoms with Crippen molar-refractivity contribution in [3.8, 4) is 0 Å². The lowest BCUT2D eigenvalue weighted by molar-refractivity contribution is 0.232. The van der Waals surface area contributed by atoms with E-state index in [1.165, 1.54) is 38.0 Å². The van der Waals surface area contributed by atoms with Gasteiger partial charge in [-0.05, 0) is 61.6 Å². The fraction of sp³-hybridized carbons (Fsp3) is 0.733. The van der Waals surface area contributed by atoms with Gasteiger partial charge in [-0.2, -0.15) is 0 Å². The van der Waals surface area contributed by atoms with Crippen molar-refractivity contribution in [1.82, 2.24) is 5.32 Å². The number of hydrogen-bond acceptors (Lipinski definition) is 2. The second kappa shape index (κ2) is 4.49. The number of hydrogen-bond donors (Lipinski definition) is 1. The van der Waals surface area contributed by atoms with E-state index in [-0.39, 0.29) is 0 Å². The topological polar surface area (TPSA) is 25.2 Å². The summed E-state index contributed by atoms with van der Waals surface area (Å²) in [6.07, 6.45) is 8.48. The van der Waals surface area contributed by atoms with Crippen LogP contribution in [0.15, 0.2) is 22.8 Å². The van der Waals surface area contributed by atoms with Gasteiger partial charge in [-0.1, -0.05) is 6.92 Å². The summed E-state index contributed by atoms with van der Waals surface area (Å²) in [5.41, 5.74) is 0.487. The zero-order valence-electron chi connectivity index (χ0n) is 10.7. The van der Waals surface area contributed by atoms with E-state index in [0.29, 0.717) is 5.41 Å². The molecule has 1 heterocycles. The molecule has 2 atom stereocenters. The van der Waals surface area contributed by atoms with E-state index in [2.05, 4.69) is 18.3 Å². The summed E-state index contributed by atoms with van der Waals surface area (Å²) in [6.45, 7) is 4.56. The van der Waals surface area contributed by atoms with Gasteiger partial charge in [-0.3, -0.25) is 0 Å². The first-order valence-corrected chi connectivity index (χ1v) is 7.04. The fourth-order valence-corrected chi connectivity index (χ4v) is 3.67. The minimum atomic E-state index is 0.487. The van der Waals surface area contributed by atoms with Crippen LogP contribution in [0.1, 0.15) is 38.4 Å². The third kappa shape index (κ3) is 2.42. The molecule has 0 aliphatic heterocycles. The van der Waals surface area contributed by atoms with E-state index < -0.39 is 0 Å². The first-order valence-electron chi connectivity index (χ1n) is 7.04. The highest BCUT2D eigenvalue weighted by Crippen LogP contribution is 2.60. The summed E-state index contributed by atoms with van der Waals surface area (Å²) in [6, 6.07) is 4.14. The molecule has 2 aliphatic rings. The summed E-state index contributed by atoms with van der Waals surface area (Å²) in [4.78, 5) is 0. The molecule has 2 nitrogen and oxygen atoms in total. The quantitative estimate of drug-likeness (QED) is 0.763. The van der Waals surface area contributed by atoms with Crippen molar-refractivity contribution in [2.75, 3.05) is 13.1 Å². The molecule has 0 saturated heterocycles. The first-order chi connectivity index (χ1) is 8.31. The number of rotatable bonds is 6. The molecule has 0 aromatic carbocycles. The Morgan fingerprint density at radius 3 is 2.88 bits per heavy atom. The van der Waals surface area contributed by atoms with Crippen LogP contribution in [-0.4, -0.2) is 13.1 Å². The minimum absolute atomic E-state index is 0.487. The van der Waals surface area contributed by atoms with E-state index in [0.717, 1.165) is 24.8 Å². The van der Waals surface area contributed by atoms with Crippen LogP contribution in [0.25, 0.3) is 0 Å². The predicted octanol–water partition coefficient (Wildman–Crippen LogP) is 3.24. The molecule has 2 aliphatic carbocycles. The molecule has 3 rings (SSSR count). The van der Waals surface area contributed by atoms with Gasteiger partial charge >= 0.3 is 0 Å². The maximum Gasteiger partial charge on any atom is 0.104 e. The molecule has 2 unspecified atom stereocenters. The Labute approximate surface area is 104 Å². The van der Waals surface area contributed by atoms with E-state index in [9.17, 15) is 0 Å². The standard InChI is InChI=1S/C15H23NO/c1-2-5-16-11-15(8-12-7-13(12)9-15)10-14-4-3-6-17-14/h3-4,6,12-13,16H,2,5,7-11H2,1H3. The highest BCUT2D eigenvalue weighted by Gasteiger charge is 2.53. The van der Waals surface area contributed by atoms with Gasteiger partial charge in [0.1, 0.15) is 5.76 Å². The van der Waals surface area contributed by atoms with Gasteiger partial charge in [0, 0.05) is 13.0 Å². The summed E-state index contributed by atoms with van der Waals surface area (Å²) < 4.78 is 5.55. The summed E-state index contributed by atoms with van der Waals surface area (Å²) in [7, 11) is 0. The van der Waals surface area contributed by atoms with Crippen molar-refractivity contribution >= 4 is 0 Å². The van der Waals surface area contributed by atoms with Gasteiger partial charge in [-0.25, -0.2) is 0 Å². The lowest BCUT2D eigenvalue weighted by Crippen LogP contribution is -2.35. The van der Waals surface area contributed by atoms with Gasteiger partial charge < -0.3 is 9.73 Å². The van der Waals surface area contributed by atoms with E-state index in [1.54, 1.807) is 6.26 Å². The molecule has 0 radical (unpaired) electrons. The molecular weight excluding hydrogens is 210 g/mol. The molecule has 2 fully saturated rings. The van der Waals surface area contributed by atoms with Crippen molar-refractivity contribution in [3.63, 3.8) is 0 Å².